The Bertz CT molecular complexity index is 791. The quantitative estimate of drug-likeness (QED) is 0.415. The van der Waals surface area contributed by atoms with E-state index in [0.717, 1.165) is 62.1 Å². The third-order valence-corrected chi connectivity index (χ3v) is 5.74. The molecule has 0 radical (unpaired) electrons. The lowest BCUT2D eigenvalue weighted by Crippen LogP contribution is -2.41. The Balaban J connectivity index is 1.39. The van der Waals surface area contributed by atoms with Gasteiger partial charge >= 0.3 is 5.97 Å². The van der Waals surface area contributed by atoms with E-state index in [1.807, 2.05) is 18.2 Å². The molecule has 8 nitrogen and oxygen atoms in total. The van der Waals surface area contributed by atoms with E-state index in [9.17, 15) is 14.4 Å². The zero-order valence-corrected chi connectivity index (χ0v) is 18.9. The Labute approximate surface area is 189 Å². The van der Waals surface area contributed by atoms with Crippen molar-refractivity contribution in [1.29, 1.82) is 0 Å². The number of rotatable bonds is 11. The van der Waals surface area contributed by atoms with Crippen LogP contribution in [0.3, 0.4) is 0 Å². The second-order valence-corrected chi connectivity index (χ2v) is 8.34. The maximum absolute atomic E-state index is 12.8. The molecule has 2 aliphatic rings. The van der Waals surface area contributed by atoms with E-state index in [1.54, 1.807) is 4.90 Å². The predicted octanol–water partition coefficient (Wildman–Crippen LogP) is 3.08. The molecule has 1 fully saturated rings. The molecule has 2 aliphatic heterocycles. The molecule has 1 N–H and O–H groups in total. The highest BCUT2D eigenvalue weighted by atomic mass is 16.5. The molecule has 2 amide bonds. The first-order valence-corrected chi connectivity index (χ1v) is 11.6. The van der Waals surface area contributed by atoms with E-state index in [0.29, 0.717) is 32.5 Å². The summed E-state index contributed by atoms with van der Waals surface area (Å²) in [5.41, 5.74) is 1.95. The van der Waals surface area contributed by atoms with Gasteiger partial charge in [-0.3, -0.25) is 14.4 Å². The number of amides is 2. The lowest BCUT2D eigenvalue weighted by atomic mass is 10.0. The highest BCUT2D eigenvalue weighted by Gasteiger charge is 2.21. The molecule has 2 heterocycles. The molecule has 0 spiro atoms. The van der Waals surface area contributed by atoms with Gasteiger partial charge in [0.1, 0.15) is 12.4 Å². The van der Waals surface area contributed by atoms with E-state index in [4.69, 9.17) is 14.2 Å². The largest absolute Gasteiger partial charge is 0.494 e. The van der Waals surface area contributed by atoms with Crippen LogP contribution in [-0.2, 0) is 30.3 Å². The lowest BCUT2D eigenvalue weighted by molar-refractivity contribution is -0.144. The number of ether oxygens (including phenoxy) is 3. The molecule has 32 heavy (non-hydrogen) atoms. The van der Waals surface area contributed by atoms with Crippen LogP contribution < -0.4 is 10.1 Å². The van der Waals surface area contributed by atoms with Crippen molar-refractivity contribution in [1.82, 2.24) is 4.90 Å². The first-order valence-electron chi connectivity index (χ1n) is 11.6. The standard InChI is InChI=1S/C24H34N2O6/c1-18(27)30-15-12-26(17-21-6-2-4-14-32-21)24(29)7-3-5-13-31-20-9-10-22-19(16-20)8-11-23(28)25-22/h9-10,16,21H,2-8,11-15,17H2,1H3,(H,25,28). The van der Waals surface area contributed by atoms with Crippen LogP contribution in [0.1, 0.15) is 57.4 Å². The minimum Gasteiger partial charge on any atom is -0.494 e. The molecule has 0 aromatic heterocycles. The number of benzene rings is 1. The number of carbonyl (C=O) groups is 3. The number of aryl methyl sites for hydroxylation is 1. The van der Waals surface area contributed by atoms with Gasteiger partial charge in [0.25, 0.3) is 0 Å². The average molecular weight is 447 g/mol. The first-order chi connectivity index (χ1) is 15.5. The minimum atomic E-state index is -0.340. The van der Waals surface area contributed by atoms with Gasteiger partial charge in [-0.15, -0.1) is 0 Å². The maximum Gasteiger partial charge on any atom is 0.302 e. The van der Waals surface area contributed by atoms with Crippen molar-refractivity contribution in [3.05, 3.63) is 23.8 Å². The molecule has 8 heteroatoms. The monoisotopic (exact) mass is 446 g/mol. The van der Waals surface area contributed by atoms with E-state index in [2.05, 4.69) is 5.32 Å². The van der Waals surface area contributed by atoms with Crippen molar-refractivity contribution < 1.29 is 28.6 Å². The van der Waals surface area contributed by atoms with Crippen LogP contribution >= 0.6 is 0 Å². The van der Waals surface area contributed by atoms with Crippen LogP contribution in [0.15, 0.2) is 18.2 Å². The van der Waals surface area contributed by atoms with Gasteiger partial charge in [0.2, 0.25) is 11.8 Å². The third-order valence-electron chi connectivity index (χ3n) is 5.74. The minimum absolute atomic E-state index is 0.0489. The van der Waals surface area contributed by atoms with Crippen molar-refractivity contribution >= 4 is 23.5 Å². The summed E-state index contributed by atoms with van der Waals surface area (Å²) in [4.78, 5) is 37.0. The van der Waals surface area contributed by atoms with Crippen molar-refractivity contribution in [3.8, 4) is 5.75 Å². The van der Waals surface area contributed by atoms with Gasteiger partial charge in [-0.2, -0.15) is 0 Å². The number of fused-ring (bicyclic) bond motifs is 1. The molecule has 0 aliphatic carbocycles. The fourth-order valence-electron chi connectivity index (χ4n) is 3.99. The number of hydrogen-bond acceptors (Lipinski definition) is 6. The van der Waals surface area contributed by atoms with Crippen LogP contribution in [0, 0.1) is 0 Å². The summed E-state index contributed by atoms with van der Waals surface area (Å²) in [5.74, 6) is 0.542. The highest BCUT2D eigenvalue weighted by Crippen LogP contribution is 2.27. The maximum atomic E-state index is 12.8. The molecule has 176 valence electrons. The van der Waals surface area contributed by atoms with Gasteiger partial charge < -0.3 is 24.4 Å². The van der Waals surface area contributed by atoms with Gasteiger partial charge in [-0.1, -0.05) is 0 Å². The van der Waals surface area contributed by atoms with Gasteiger partial charge in [0, 0.05) is 38.6 Å². The smallest absolute Gasteiger partial charge is 0.302 e. The Morgan fingerprint density at radius 2 is 2.06 bits per heavy atom. The van der Waals surface area contributed by atoms with Crippen molar-refractivity contribution in [2.24, 2.45) is 0 Å². The number of anilines is 1. The van der Waals surface area contributed by atoms with Gasteiger partial charge in [-0.25, -0.2) is 0 Å². The Hall–Kier alpha value is -2.61. The molecular weight excluding hydrogens is 412 g/mol. The molecule has 1 saturated heterocycles. The average Bonchev–Trinajstić information content (AvgIpc) is 2.78. The van der Waals surface area contributed by atoms with Crippen LogP contribution in [0.2, 0.25) is 0 Å². The van der Waals surface area contributed by atoms with Crippen molar-refractivity contribution in [2.45, 2.75) is 64.4 Å². The van der Waals surface area contributed by atoms with E-state index in [1.165, 1.54) is 6.92 Å². The summed E-state index contributed by atoms with van der Waals surface area (Å²) in [6.45, 7) is 3.77. The van der Waals surface area contributed by atoms with Gasteiger partial charge in [0.05, 0.1) is 19.3 Å². The summed E-state index contributed by atoms with van der Waals surface area (Å²) in [6.07, 6.45) is 6.32. The summed E-state index contributed by atoms with van der Waals surface area (Å²) >= 11 is 0. The molecule has 0 bridgehead atoms. The fourth-order valence-corrected chi connectivity index (χ4v) is 3.99. The molecule has 1 unspecified atom stereocenters. The summed E-state index contributed by atoms with van der Waals surface area (Å²) in [5, 5.41) is 2.86. The highest BCUT2D eigenvalue weighted by molar-refractivity contribution is 5.94. The van der Waals surface area contributed by atoms with Crippen LogP contribution in [0.5, 0.6) is 5.75 Å². The second-order valence-electron chi connectivity index (χ2n) is 8.34. The summed E-state index contributed by atoms with van der Waals surface area (Å²) in [6, 6.07) is 5.71. The normalized spacial score (nSPS) is 17.8. The Kier molecular flexibility index (Phi) is 9.34. The summed E-state index contributed by atoms with van der Waals surface area (Å²) < 4.78 is 16.6. The molecule has 0 saturated carbocycles. The number of nitrogens with one attached hydrogen (secondary N) is 1. The molecule has 1 aromatic carbocycles. The van der Waals surface area contributed by atoms with Crippen LogP contribution in [0.25, 0.3) is 0 Å². The van der Waals surface area contributed by atoms with E-state index >= 15 is 0 Å². The number of hydrogen-bond donors (Lipinski definition) is 1. The second kappa shape index (κ2) is 12.4. The number of esters is 1. The van der Waals surface area contributed by atoms with Gasteiger partial charge in [0.15, 0.2) is 0 Å². The van der Waals surface area contributed by atoms with Gasteiger partial charge in [-0.05, 0) is 62.3 Å². The predicted molar refractivity (Wildman–Crippen MR) is 120 cm³/mol. The van der Waals surface area contributed by atoms with E-state index in [-0.39, 0.29) is 30.5 Å². The number of carbonyl (C=O) groups excluding carboxylic acids is 3. The SMILES string of the molecule is CC(=O)OCCN(CC1CCCCO1)C(=O)CCCCOc1ccc2c(c1)CCC(=O)N2. The molecule has 1 aromatic rings. The Morgan fingerprint density at radius 1 is 1.19 bits per heavy atom. The van der Waals surface area contributed by atoms with Crippen LogP contribution in [0.4, 0.5) is 5.69 Å². The van der Waals surface area contributed by atoms with Crippen LogP contribution in [-0.4, -0.2) is 61.7 Å². The number of nitrogens with zero attached hydrogens (tertiary/aromatic N) is 1. The number of unbranched alkanes of at least 4 members (excludes halogenated alkanes) is 1. The van der Waals surface area contributed by atoms with Crippen molar-refractivity contribution in [3.63, 3.8) is 0 Å². The summed E-state index contributed by atoms with van der Waals surface area (Å²) in [7, 11) is 0. The topological polar surface area (TPSA) is 94.2 Å². The zero-order chi connectivity index (χ0) is 22.8. The molecule has 1 atom stereocenters. The first kappa shape index (κ1) is 24.0. The molecular formula is C24H34N2O6. The fraction of sp³-hybridized carbons (Fsp3) is 0.625. The Morgan fingerprint density at radius 3 is 2.84 bits per heavy atom. The lowest BCUT2D eigenvalue weighted by Gasteiger charge is -2.30. The van der Waals surface area contributed by atoms with E-state index < -0.39 is 0 Å². The van der Waals surface area contributed by atoms with Crippen molar-refractivity contribution in [2.75, 3.05) is 38.2 Å². The third kappa shape index (κ3) is 7.82. The molecule has 3 rings (SSSR count). The zero-order valence-electron chi connectivity index (χ0n) is 18.9.